The number of aliphatic hydroxyl groups is 1. The molecule has 2 aromatic rings. The minimum Gasteiger partial charge on any atom is -0.497 e. The summed E-state index contributed by atoms with van der Waals surface area (Å²) in [6.45, 7) is 9.41. The van der Waals surface area contributed by atoms with E-state index in [0.717, 1.165) is 48.6 Å². The summed E-state index contributed by atoms with van der Waals surface area (Å²) in [5, 5.41) is 10.8. The van der Waals surface area contributed by atoms with Gasteiger partial charge < -0.3 is 19.7 Å². The third kappa shape index (κ3) is 6.41. The van der Waals surface area contributed by atoms with Gasteiger partial charge in [-0.25, -0.2) is 0 Å². The summed E-state index contributed by atoms with van der Waals surface area (Å²) in [6, 6.07) is 5.70. The van der Waals surface area contributed by atoms with Gasteiger partial charge in [0.05, 0.1) is 19.0 Å². The van der Waals surface area contributed by atoms with Gasteiger partial charge in [0.15, 0.2) is 0 Å². The number of hydrogen-bond acceptors (Lipinski definition) is 4. The zero-order chi connectivity index (χ0) is 24.9. The topological polar surface area (TPSA) is 82.6 Å². The minimum absolute atomic E-state index is 0.0134. The van der Waals surface area contributed by atoms with E-state index in [4.69, 9.17) is 4.74 Å². The van der Waals surface area contributed by atoms with Gasteiger partial charge in [0.1, 0.15) is 5.75 Å². The fraction of sp³-hybridized carbons (Fsp3) is 0.643. The Morgan fingerprint density at radius 1 is 1.24 bits per heavy atom. The van der Waals surface area contributed by atoms with Crippen molar-refractivity contribution >= 4 is 16.8 Å². The summed E-state index contributed by atoms with van der Waals surface area (Å²) >= 11 is 0. The van der Waals surface area contributed by atoms with Gasteiger partial charge in [0, 0.05) is 42.1 Å². The number of hydrogen-bond donors (Lipinski definition) is 2. The summed E-state index contributed by atoms with van der Waals surface area (Å²) in [7, 11) is 1.61. The number of H-pyrrole nitrogens is 1. The van der Waals surface area contributed by atoms with E-state index in [9.17, 15) is 14.7 Å². The molecule has 1 aromatic carbocycles. The number of carbonyl (C=O) groups excluding carboxylic acids is 1. The first kappa shape index (κ1) is 26.3. The van der Waals surface area contributed by atoms with Crippen molar-refractivity contribution in [3.8, 4) is 5.75 Å². The van der Waals surface area contributed by atoms with Crippen LogP contribution in [0.4, 0.5) is 0 Å². The van der Waals surface area contributed by atoms with E-state index in [-0.39, 0.29) is 35.8 Å². The Labute approximate surface area is 203 Å². The van der Waals surface area contributed by atoms with E-state index in [1.54, 1.807) is 7.11 Å². The van der Waals surface area contributed by atoms with Crippen LogP contribution in [0.5, 0.6) is 5.75 Å². The molecule has 0 bridgehead atoms. The van der Waals surface area contributed by atoms with Crippen LogP contribution in [-0.4, -0.2) is 47.7 Å². The fourth-order valence-corrected chi connectivity index (χ4v) is 5.04. The van der Waals surface area contributed by atoms with Crippen molar-refractivity contribution in [3.05, 3.63) is 39.7 Å². The van der Waals surface area contributed by atoms with Gasteiger partial charge in [-0.05, 0) is 48.8 Å². The van der Waals surface area contributed by atoms with E-state index in [2.05, 4.69) is 18.8 Å². The van der Waals surface area contributed by atoms with Gasteiger partial charge in [-0.15, -0.1) is 0 Å². The molecule has 3 rings (SSSR count). The monoisotopic (exact) mass is 470 g/mol. The predicted molar refractivity (Wildman–Crippen MR) is 138 cm³/mol. The summed E-state index contributed by atoms with van der Waals surface area (Å²) in [5.74, 6) is 1.35. The SMILES string of the molecule is COc1ccc2c(CC(=O)N(CCC(C)C)CC(C)(C)CO)c(C3CCCCC3)c(=O)[nH]c2c1. The Morgan fingerprint density at radius 2 is 1.94 bits per heavy atom. The largest absolute Gasteiger partial charge is 0.497 e. The molecule has 188 valence electrons. The van der Waals surface area contributed by atoms with E-state index < -0.39 is 0 Å². The van der Waals surface area contributed by atoms with Crippen molar-refractivity contribution in [2.24, 2.45) is 11.3 Å². The number of carbonyl (C=O) groups is 1. The number of aromatic amines is 1. The van der Waals surface area contributed by atoms with E-state index in [0.29, 0.717) is 30.3 Å². The van der Waals surface area contributed by atoms with Crippen LogP contribution in [0.3, 0.4) is 0 Å². The second-order valence-corrected chi connectivity index (χ2v) is 11.1. The van der Waals surface area contributed by atoms with Gasteiger partial charge in [0.2, 0.25) is 5.91 Å². The average Bonchev–Trinajstić information content (AvgIpc) is 2.81. The first-order chi connectivity index (χ1) is 16.1. The highest BCUT2D eigenvalue weighted by Crippen LogP contribution is 2.35. The molecule has 6 heteroatoms. The molecule has 0 spiro atoms. The lowest BCUT2D eigenvalue weighted by Gasteiger charge is -2.32. The van der Waals surface area contributed by atoms with Gasteiger partial charge in [-0.1, -0.05) is 47.0 Å². The fourth-order valence-electron chi connectivity index (χ4n) is 5.04. The molecular weight excluding hydrogens is 428 g/mol. The highest BCUT2D eigenvalue weighted by molar-refractivity contribution is 5.90. The van der Waals surface area contributed by atoms with Crippen LogP contribution in [0, 0.1) is 11.3 Å². The molecule has 1 heterocycles. The van der Waals surface area contributed by atoms with Crippen LogP contribution in [0.25, 0.3) is 10.9 Å². The van der Waals surface area contributed by atoms with Crippen molar-refractivity contribution in [1.29, 1.82) is 0 Å². The molecule has 34 heavy (non-hydrogen) atoms. The lowest BCUT2D eigenvalue weighted by Crippen LogP contribution is -2.42. The average molecular weight is 471 g/mol. The van der Waals surface area contributed by atoms with Crippen molar-refractivity contribution in [2.45, 2.75) is 78.6 Å². The lowest BCUT2D eigenvalue weighted by atomic mass is 9.81. The molecule has 0 aliphatic heterocycles. The molecule has 1 amide bonds. The van der Waals surface area contributed by atoms with Crippen LogP contribution in [-0.2, 0) is 11.2 Å². The number of aliphatic hydroxyl groups excluding tert-OH is 1. The zero-order valence-electron chi connectivity index (χ0n) is 21.6. The Hall–Kier alpha value is -2.34. The Balaban J connectivity index is 2.05. The Morgan fingerprint density at radius 3 is 2.56 bits per heavy atom. The van der Waals surface area contributed by atoms with Crippen molar-refractivity contribution in [3.63, 3.8) is 0 Å². The number of pyridine rings is 1. The van der Waals surface area contributed by atoms with E-state index in [1.165, 1.54) is 6.42 Å². The number of ether oxygens (including phenoxy) is 1. The summed E-state index contributed by atoms with van der Waals surface area (Å²) in [6.07, 6.45) is 6.49. The van der Waals surface area contributed by atoms with Crippen LogP contribution in [0.2, 0.25) is 0 Å². The van der Waals surface area contributed by atoms with Gasteiger partial charge in [0.25, 0.3) is 5.56 Å². The number of fused-ring (bicyclic) bond motifs is 1. The van der Waals surface area contributed by atoms with Gasteiger partial charge in [-0.2, -0.15) is 0 Å². The third-order valence-corrected chi connectivity index (χ3v) is 7.09. The number of amides is 1. The molecule has 1 saturated carbocycles. The molecule has 1 aliphatic carbocycles. The Kier molecular flexibility index (Phi) is 8.80. The highest BCUT2D eigenvalue weighted by atomic mass is 16.5. The molecule has 0 saturated heterocycles. The molecule has 1 aromatic heterocycles. The van der Waals surface area contributed by atoms with Crippen LogP contribution >= 0.6 is 0 Å². The van der Waals surface area contributed by atoms with Crippen LogP contribution < -0.4 is 10.3 Å². The molecule has 1 aliphatic rings. The molecular formula is C28H42N2O4. The first-order valence-electron chi connectivity index (χ1n) is 12.8. The minimum atomic E-state index is -0.386. The maximum Gasteiger partial charge on any atom is 0.252 e. The maximum absolute atomic E-state index is 13.7. The van der Waals surface area contributed by atoms with Crippen LogP contribution in [0.15, 0.2) is 23.0 Å². The predicted octanol–water partition coefficient (Wildman–Crippen LogP) is 5.02. The molecule has 0 atom stereocenters. The standard InChI is InChI=1S/C28H42N2O4/c1-19(2)13-14-30(17-28(3,4)18-31)25(32)16-23-22-12-11-21(34-5)15-24(22)29-27(33)26(23)20-9-7-6-8-10-20/h11-12,15,19-20,31H,6-10,13-14,16-18H2,1-5H3,(H,29,33). The zero-order valence-corrected chi connectivity index (χ0v) is 21.6. The van der Waals surface area contributed by atoms with Crippen LogP contribution in [0.1, 0.15) is 83.3 Å². The molecule has 1 fully saturated rings. The Bertz CT molecular complexity index is 1030. The second-order valence-electron chi connectivity index (χ2n) is 11.1. The number of nitrogens with zero attached hydrogens (tertiary/aromatic N) is 1. The van der Waals surface area contributed by atoms with E-state index >= 15 is 0 Å². The smallest absolute Gasteiger partial charge is 0.252 e. The number of benzene rings is 1. The molecule has 6 nitrogen and oxygen atoms in total. The summed E-state index contributed by atoms with van der Waals surface area (Å²) < 4.78 is 5.37. The quantitative estimate of drug-likeness (QED) is 0.511. The number of aromatic nitrogens is 1. The van der Waals surface area contributed by atoms with Crippen molar-refractivity contribution < 1.29 is 14.6 Å². The summed E-state index contributed by atoms with van der Waals surface area (Å²) in [5.41, 5.74) is 1.88. The molecule has 2 N–H and O–H groups in total. The first-order valence-corrected chi connectivity index (χ1v) is 12.8. The van der Waals surface area contributed by atoms with E-state index in [1.807, 2.05) is 36.9 Å². The number of rotatable bonds is 10. The summed E-state index contributed by atoms with van der Waals surface area (Å²) in [4.78, 5) is 32.0. The number of methoxy groups -OCH3 is 1. The molecule has 0 radical (unpaired) electrons. The third-order valence-electron chi connectivity index (χ3n) is 7.09. The highest BCUT2D eigenvalue weighted by Gasteiger charge is 2.28. The normalized spacial score (nSPS) is 15.1. The second kappa shape index (κ2) is 11.4. The van der Waals surface area contributed by atoms with Gasteiger partial charge in [-0.3, -0.25) is 9.59 Å². The van der Waals surface area contributed by atoms with Crippen molar-refractivity contribution in [1.82, 2.24) is 9.88 Å². The van der Waals surface area contributed by atoms with Gasteiger partial charge >= 0.3 is 0 Å². The lowest BCUT2D eigenvalue weighted by molar-refractivity contribution is -0.132. The van der Waals surface area contributed by atoms with Crippen molar-refractivity contribution in [2.75, 3.05) is 26.8 Å². The molecule has 0 unspecified atom stereocenters. The number of nitrogens with one attached hydrogen (secondary N) is 1. The maximum atomic E-state index is 13.7.